The molecule has 1 atom stereocenters. The van der Waals surface area contributed by atoms with E-state index in [0.717, 1.165) is 84.8 Å². The summed E-state index contributed by atoms with van der Waals surface area (Å²) in [5.41, 5.74) is 6.30. The molecule has 0 fully saturated rings. The first-order valence-electron chi connectivity index (χ1n) is 18.7. The van der Waals surface area contributed by atoms with Crippen molar-refractivity contribution in [1.82, 2.24) is 9.97 Å². The van der Waals surface area contributed by atoms with E-state index in [1.54, 1.807) is 31.6 Å². The Morgan fingerprint density at radius 2 is 1.42 bits per heavy atom. The van der Waals surface area contributed by atoms with Crippen LogP contribution in [-0.2, 0) is 15.1 Å². The molecule has 0 saturated carbocycles. The Labute approximate surface area is 352 Å². The van der Waals surface area contributed by atoms with Crippen LogP contribution in [0.3, 0.4) is 0 Å². The highest BCUT2D eigenvalue weighted by Crippen LogP contribution is 2.52. The van der Waals surface area contributed by atoms with E-state index in [1.807, 2.05) is 80.6 Å². The largest absolute Gasteiger partial charge is 0.497 e. The van der Waals surface area contributed by atoms with Crippen molar-refractivity contribution in [3.8, 4) is 28.4 Å². The van der Waals surface area contributed by atoms with Crippen molar-refractivity contribution in [3.05, 3.63) is 152 Å². The Hall–Kier alpha value is -4.41. The van der Waals surface area contributed by atoms with Gasteiger partial charge in [-0.15, -0.1) is 17.9 Å². The molecule has 11 heteroatoms. The van der Waals surface area contributed by atoms with Crippen molar-refractivity contribution < 1.29 is 23.7 Å². The van der Waals surface area contributed by atoms with E-state index in [4.69, 9.17) is 58.5 Å². The van der Waals surface area contributed by atoms with Gasteiger partial charge >= 0.3 is 0 Å². The first-order valence-corrected chi connectivity index (χ1v) is 20.6. The van der Waals surface area contributed by atoms with Crippen molar-refractivity contribution in [3.63, 3.8) is 0 Å². The zero-order chi connectivity index (χ0) is 40.1. The summed E-state index contributed by atoms with van der Waals surface area (Å²) in [6.07, 6.45) is 7.91. The molecular weight excluding hydrogens is 799 g/mol. The lowest BCUT2D eigenvalue weighted by Crippen LogP contribution is -2.38. The fourth-order valence-electron chi connectivity index (χ4n) is 7.51. The third kappa shape index (κ3) is 8.04. The van der Waals surface area contributed by atoms with E-state index in [9.17, 15) is 0 Å². The van der Waals surface area contributed by atoms with Gasteiger partial charge in [-0.2, -0.15) is 0 Å². The predicted octanol–water partition coefficient (Wildman–Crippen LogP) is 12.5. The van der Waals surface area contributed by atoms with E-state index < -0.39 is 11.7 Å². The standard InChI is InChI=1S/C46H43Cl3N2O5S/c1-6-24-54-25-36(26-55-46(31-14-8-7-9-15-31,32-16-20-34(52-4)21-17-32)33-18-22-35(53-5)23-19-33)56-42-40(47)28(2)37(29(3)41(42)48)38-39-44(49)50-27-51-45(39)57-43(38)30-12-10-11-13-30/h6-9,12,14-23,27,36H,1,10-11,13,24-26H2,2-5H3/t36-/m1/s1. The second-order valence-corrected chi connectivity index (χ2v) is 15.8. The monoisotopic (exact) mass is 840 g/mol. The summed E-state index contributed by atoms with van der Waals surface area (Å²) < 4.78 is 31.2. The molecule has 0 amide bonds. The van der Waals surface area contributed by atoms with Gasteiger partial charge in [0.05, 0.1) is 49.5 Å². The van der Waals surface area contributed by atoms with Crippen LogP contribution in [0.4, 0.5) is 0 Å². The molecule has 0 radical (unpaired) electrons. The molecule has 1 aliphatic carbocycles. The molecule has 2 aromatic heterocycles. The van der Waals surface area contributed by atoms with Crippen LogP contribution in [0.1, 0.15) is 52.0 Å². The number of benzene rings is 4. The van der Waals surface area contributed by atoms with E-state index in [0.29, 0.717) is 27.6 Å². The Morgan fingerprint density at radius 1 is 0.807 bits per heavy atom. The van der Waals surface area contributed by atoms with Crippen LogP contribution < -0.4 is 14.2 Å². The van der Waals surface area contributed by atoms with Crippen molar-refractivity contribution >= 4 is 61.9 Å². The van der Waals surface area contributed by atoms with Crippen LogP contribution in [-0.4, -0.2) is 50.1 Å². The molecule has 0 bridgehead atoms. The average molecular weight is 842 g/mol. The summed E-state index contributed by atoms with van der Waals surface area (Å²) in [5.74, 6) is 1.80. The molecule has 4 aromatic carbocycles. The number of allylic oxidation sites excluding steroid dienone is 2. The fourth-order valence-corrected chi connectivity index (χ4v) is 9.53. The normalized spacial score (nSPS) is 13.4. The lowest BCUT2D eigenvalue weighted by molar-refractivity contribution is -0.0523. The highest BCUT2D eigenvalue weighted by Gasteiger charge is 2.39. The summed E-state index contributed by atoms with van der Waals surface area (Å²) in [7, 11) is 3.30. The summed E-state index contributed by atoms with van der Waals surface area (Å²) in [5, 5.41) is 1.94. The van der Waals surface area contributed by atoms with Crippen molar-refractivity contribution in [2.75, 3.05) is 34.0 Å². The number of rotatable bonds is 16. The van der Waals surface area contributed by atoms with Crippen LogP contribution in [0, 0.1) is 13.8 Å². The first-order chi connectivity index (χ1) is 27.7. The number of fused-ring (bicyclic) bond motifs is 1. The maximum atomic E-state index is 7.33. The minimum Gasteiger partial charge on any atom is -0.497 e. The second kappa shape index (κ2) is 18.0. The third-order valence-corrected chi connectivity index (χ3v) is 12.7. The molecule has 0 aliphatic heterocycles. The number of halogens is 3. The van der Waals surface area contributed by atoms with Gasteiger partial charge < -0.3 is 23.7 Å². The Balaban J connectivity index is 1.32. The van der Waals surface area contributed by atoms with Crippen molar-refractivity contribution in [1.29, 1.82) is 0 Å². The van der Waals surface area contributed by atoms with Gasteiger partial charge in [-0.1, -0.05) is 102 Å². The highest BCUT2D eigenvalue weighted by molar-refractivity contribution is 7.20. The number of aromatic nitrogens is 2. The Bertz CT molecular complexity index is 2320. The van der Waals surface area contributed by atoms with Crippen molar-refractivity contribution in [2.45, 2.75) is 44.8 Å². The van der Waals surface area contributed by atoms with Gasteiger partial charge in [0.15, 0.2) is 5.75 Å². The molecule has 0 unspecified atom stereocenters. The topological polar surface area (TPSA) is 71.9 Å². The van der Waals surface area contributed by atoms with Crippen molar-refractivity contribution in [2.24, 2.45) is 0 Å². The number of hydrogen-bond donors (Lipinski definition) is 0. The predicted molar refractivity (Wildman–Crippen MR) is 233 cm³/mol. The van der Waals surface area contributed by atoms with Gasteiger partial charge in [0.2, 0.25) is 0 Å². The van der Waals surface area contributed by atoms with E-state index in [2.05, 4.69) is 34.8 Å². The van der Waals surface area contributed by atoms with Crippen LogP contribution >= 0.6 is 46.1 Å². The molecule has 0 N–H and O–H groups in total. The van der Waals surface area contributed by atoms with Gasteiger partial charge in [-0.25, -0.2) is 9.97 Å². The summed E-state index contributed by atoms with van der Waals surface area (Å²) in [6, 6.07) is 25.9. The summed E-state index contributed by atoms with van der Waals surface area (Å²) in [4.78, 5) is 10.9. The Kier molecular flexibility index (Phi) is 12.9. The molecule has 0 spiro atoms. The maximum Gasteiger partial charge on any atom is 0.157 e. The van der Waals surface area contributed by atoms with Gasteiger partial charge in [0.25, 0.3) is 0 Å². The zero-order valence-electron chi connectivity index (χ0n) is 32.2. The molecule has 57 heavy (non-hydrogen) atoms. The molecule has 1 aliphatic rings. The van der Waals surface area contributed by atoms with E-state index in [-0.39, 0.29) is 13.2 Å². The van der Waals surface area contributed by atoms with Crippen LogP contribution in [0.2, 0.25) is 15.2 Å². The molecule has 7 nitrogen and oxygen atoms in total. The van der Waals surface area contributed by atoms with Gasteiger partial charge in [0, 0.05) is 10.4 Å². The number of ether oxygens (including phenoxy) is 5. The minimum absolute atomic E-state index is 0.0804. The molecular formula is C46H43Cl3N2O5S. The molecule has 6 aromatic rings. The lowest BCUT2D eigenvalue weighted by Gasteiger charge is -2.37. The quantitative estimate of drug-likeness (QED) is 0.0416. The number of hydrogen-bond acceptors (Lipinski definition) is 8. The van der Waals surface area contributed by atoms with Crippen LogP contribution in [0.5, 0.6) is 17.2 Å². The lowest BCUT2D eigenvalue weighted by atomic mass is 9.80. The number of methoxy groups -OCH3 is 2. The van der Waals surface area contributed by atoms with Gasteiger partial charge in [0.1, 0.15) is 39.5 Å². The maximum absolute atomic E-state index is 7.33. The first kappa shape index (κ1) is 40.8. The zero-order valence-corrected chi connectivity index (χ0v) is 35.3. The fraction of sp³-hybridized carbons (Fsp3) is 0.261. The minimum atomic E-state index is -1.09. The molecule has 0 saturated heterocycles. The summed E-state index contributed by atoms with van der Waals surface area (Å²) >= 11 is 23.1. The van der Waals surface area contributed by atoms with Crippen LogP contribution in [0.15, 0.2) is 104 Å². The highest BCUT2D eigenvalue weighted by atomic mass is 35.5. The second-order valence-electron chi connectivity index (χ2n) is 13.7. The van der Waals surface area contributed by atoms with Crippen LogP contribution in [0.25, 0.3) is 26.9 Å². The van der Waals surface area contributed by atoms with Gasteiger partial charge in [-0.3, -0.25) is 0 Å². The third-order valence-electron chi connectivity index (χ3n) is 10.3. The molecule has 294 valence electrons. The summed E-state index contributed by atoms with van der Waals surface area (Å²) in [6.45, 7) is 8.36. The SMILES string of the molecule is C=CCOC[C@H](COC(c1ccccc1)(c1ccc(OC)cc1)c1ccc(OC)cc1)Oc1c(Cl)c(C)c(-c2c(C3=CCCC3)sc3ncnc(Cl)c23)c(C)c1Cl. The Morgan fingerprint density at radius 3 is 1.98 bits per heavy atom. The van der Waals surface area contributed by atoms with E-state index >= 15 is 0 Å². The smallest absolute Gasteiger partial charge is 0.157 e. The number of thiophene rings is 1. The average Bonchev–Trinajstić information content (AvgIpc) is 3.92. The molecule has 7 rings (SSSR count). The van der Waals surface area contributed by atoms with E-state index in [1.165, 1.54) is 11.9 Å². The van der Waals surface area contributed by atoms with Gasteiger partial charge in [-0.05, 0) is 96.3 Å². The number of nitrogens with zero attached hydrogens (tertiary/aromatic N) is 2. The molecule has 2 heterocycles.